The molecule has 0 bridgehead atoms. The number of aliphatic carboxylic acids is 1. The summed E-state index contributed by atoms with van der Waals surface area (Å²) in [5.74, 6) is 0.275. The molecule has 6 heteroatoms. The first-order chi connectivity index (χ1) is 18.1. The van der Waals surface area contributed by atoms with Crippen molar-refractivity contribution in [2.24, 2.45) is 0 Å². The van der Waals surface area contributed by atoms with Crippen molar-refractivity contribution in [2.45, 2.75) is 13.3 Å². The Morgan fingerprint density at radius 2 is 1.78 bits per heavy atom. The smallest absolute Gasteiger partial charge is 0.328 e. The maximum atomic E-state index is 10.9. The second-order valence-electron chi connectivity index (χ2n) is 8.47. The molecule has 6 nitrogen and oxygen atoms in total. The summed E-state index contributed by atoms with van der Waals surface area (Å²) in [6.45, 7) is 2.14. The van der Waals surface area contributed by atoms with Gasteiger partial charge in [0.05, 0.1) is 11.7 Å². The molecule has 0 radical (unpaired) electrons. The number of benzene rings is 3. The minimum absolute atomic E-state index is 0.539. The highest BCUT2D eigenvalue weighted by Gasteiger charge is 2.15. The zero-order valence-electron chi connectivity index (χ0n) is 20.3. The SMILES string of the molecule is CC/C(=C(/c1ccc(/C=C/C(=O)O)cc1)c1ccc2[nH]ncc2c1)c1cccc(Oc2ccccn2)c1. The summed E-state index contributed by atoms with van der Waals surface area (Å²) >= 11 is 0. The normalized spacial score (nSPS) is 12.0. The van der Waals surface area contributed by atoms with Crippen molar-refractivity contribution < 1.29 is 14.6 Å². The summed E-state index contributed by atoms with van der Waals surface area (Å²) in [4.78, 5) is 15.2. The number of carboxylic acid groups (broad SMARTS) is 1. The summed E-state index contributed by atoms with van der Waals surface area (Å²) < 4.78 is 6.01. The van der Waals surface area contributed by atoms with Crippen LogP contribution in [0.5, 0.6) is 11.6 Å². The highest BCUT2D eigenvalue weighted by molar-refractivity contribution is 6.00. The van der Waals surface area contributed by atoms with Gasteiger partial charge >= 0.3 is 5.97 Å². The molecular formula is C31H25N3O3. The van der Waals surface area contributed by atoms with Gasteiger partial charge in [0, 0.05) is 23.7 Å². The van der Waals surface area contributed by atoms with E-state index >= 15 is 0 Å². The van der Waals surface area contributed by atoms with Gasteiger partial charge in [-0.25, -0.2) is 9.78 Å². The summed E-state index contributed by atoms with van der Waals surface area (Å²) in [5, 5.41) is 17.2. The van der Waals surface area contributed by atoms with Gasteiger partial charge in [-0.05, 0) is 76.2 Å². The zero-order valence-corrected chi connectivity index (χ0v) is 20.3. The van der Waals surface area contributed by atoms with Crippen molar-refractivity contribution in [3.63, 3.8) is 0 Å². The Morgan fingerprint density at radius 1 is 0.946 bits per heavy atom. The number of nitrogens with zero attached hydrogens (tertiary/aromatic N) is 2. The van der Waals surface area contributed by atoms with Crippen LogP contribution in [-0.2, 0) is 4.79 Å². The molecule has 0 spiro atoms. The van der Waals surface area contributed by atoms with Crippen molar-refractivity contribution in [1.82, 2.24) is 15.2 Å². The van der Waals surface area contributed by atoms with E-state index in [1.54, 1.807) is 12.3 Å². The quantitative estimate of drug-likeness (QED) is 0.178. The standard InChI is InChI=1S/C31H25N3O3/c1-2-27(23-6-5-7-26(19-23)37-29-8-3-4-17-32-29)31(24-14-15-28-25(18-24)20-33-34-28)22-12-9-21(10-13-22)11-16-30(35)36/h3-20H,2H2,1H3,(H,33,34)(H,35,36)/b16-11+,31-27+. The third-order valence-corrected chi connectivity index (χ3v) is 6.04. The molecule has 182 valence electrons. The molecule has 3 aromatic carbocycles. The number of ether oxygens (including phenoxy) is 1. The van der Waals surface area contributed by atoms with Gasteiger partial charge in [0.2, 0.25) is 5.88 Å². The first-order valence-electron chi connectivity index (χ1n) is 12.0. The van der Waals surface area contributed by atoms with Gasteiger partial charge in [0.25, 0.3) is 0 Å². The first-order valence-corrected chi connectivity index (χ1v) is 12.0. The molecule has 0 fully saturated rings. The molecule has 0 aliphatic carbocycles. The highest BCUT2D eigenvalue weighted by Crippen LogP contribution is 2.37. The topological polar surface area (TPSA) is 88.1 Å². The lowest BCUT2D eigenvalue weighted by molar-refractivity contribution is -0.131. The van der Waals surface area contributed by atoms with Gasteiger partial charge in [-0.15, -0.1) is 0 Å². The maximum absolute atomic E-state index is 10.9. The van der Waals surface area contributed by atoms with E-state index in [2.05, 4.69) is 40.3 Å². The van der Waals surface area contributed by atoms with Gasteiger partial charge in [0.15, 0.2) is 0 Å². The number of nitrogens with one attached hydrogen (secondary N) is 1. The lowest BCUT2D eigenvalue weighted by atomic mass is 9.87. The average molecular weight is 488 g/mol. The molecule has 5 rings (SSSR count). The number of rotatable bonds is 8. The minimum atomic E-state index is -0.973. The van der Waals surface area contributed by atoms with E-state index in [-0.39, 0.29) is 0 Å². The monoisotopic (exact) mass is 487 g/mol. The van der Waals surface area contributed by atoms with Crippen LogP contribution in [0.25, 0.3) is 28.1 Å². The average Bonchev–Trinajstić information content (AvgIpc) is 3.40. The zero-order chi connectivity index (χ0) is 25.6. The number of aromatic nitrogens is 3. The number of hydrogen-bond donors (Lipinski definition) is 2. The van der Waals surface area contributed by atoms with Gasteiger partial charge in [0.1, 0.15) is 5.75 Å². The molecule has 37 heavy (non-hydrogen) atoms. The van der Waals surface area contributed by atoms with E-state index in [9.17, 15) is 4.79 Å². The number of allylic oxidation sites excluding steroid dienone is 1. The Kier molecular flexibility index (Phi) is 6.90. The van der Waals surface area contributed by atoms with Gasteiger partial charge in [-0.1, -0.05) is 55.5 Å². The molecule has 5 aromatic rings. The predicted octanol–water partition coefficient (Wildman–Crippen LogP) is 7.22. The Hall–Kier alpha value is -4.97. The molecule has 0 aliphatic rings. The van der Waals surface area contributed by atoms with E-state index in [1.807, 2.05) is 72.9 Å². The van der Waals surface area contributed by atoms with Crippen LogP contribution in [0.1, 0.15) is 35.6 Å². The fraction of sp³-hybridized carbons (Fsp3) is 0.0645. The van der Waals surface area contributed by atoms with E-state index in [4.69, 9.17) is 9.84 Å². The number of fused-ring (bicyclic) bond motifs is 1. The number of carbonyl (C=O) groups is 1. The van der Waals surface area contributed by atoms with Crippen LogP contribution in [0.15, 0.2) is 103 Å². The van der Waals surface area contributed by atoms with E-state index in [1.165, 1.54) is 0 Å². The molecule has 2 aromatic heterocycles. The fourth-order valence-electron chi connectivity index (χ4n) is 4.34. The molecule has 2 N–H and O–H groups in total. The van der Waals surface area contributed by atoms with Crippen LogP contribution in [0.2, 0.25) is 0 Å². The number of carboxylic acids is 1. The lowest BCUT2D eigenvalue weighted by Crippen LogP contribution is -1.96. The molecule has 0 amide bonds. The van der Waals surface area contributed by atoms with Crippen LogP contribution >= 0.6 is 0 Å². The Morgan fingerprint density at radius 3 is 2.54 bits per heavy atom. The molecule has 0 saturated carbocycles. The third-order valence-electron chi connectivity index (χ3n) is 6.04. The Balaban J connectivity index is 1.63. The highest BCUT2D eigenvalue weighted by atomic mass is 16.5. The maximum Gasteiger partial charge on any atom is 0.328 e. The second kappa shape index (κ2) is 10.7. The first kappa shape index (κ1) is 23.8. The Labute approximate surface area is 214 Å². The molecular weight excluding hydrogens is 462 g/mol. The third kappa shape index (κ3) is 5.49. The second-order valence-corrected chi connectivity index (χ2v) is 8.47. The summed E-state index contributed by atoms with van der Waals surface area (Å²) in [6.07, 6.45) is 7.04. The summed E-state index contributed by atoms with van der Waals surface area (Å²) in [6, 6.07) is 27.8. The van der Waals surface area contributed by atoms with Crippen LogP contribution in [0.3, 0.4) is 0 Å². The van der Waals surface area contributed by atoms with Crippen molar-refractivity contribution >= 4 is 34.1 Å². The van der Waals surface area contributed by atoms with E-state index < -0.39 is 5.97 Å². The van der Waals surface area contributed by atoms with Crippen molar-refractivity contribution in [2.75, 3.05) is 0 Å². The number of H-pyrrole nitrogens is 1. The predicted molar refractivity (Wildman–Crippen MR) is 146 cm³/mol. The number of aromatic amines is 1. The van der Waals surface area contributed by atoms with Gasteiger partial charge < -0.3 is 9.84 Å². The van der Waals surface area contributed by atoms with Crippen LogP contribution in [0.4, 0.5) is 0 Å². The summed E-state index contributed by atoms with van der Waals surface area (Å²) in [5.41, 5.74) is 7.19. The lowest BCUT2D eigenvalue weighted by Gasteiger charge is -2.17. The summed E-state index contributed by atoms with van der Waals surface area (Å²) in [7, 11) is 0. The molecule has 2 heterocycles. The number of pyridine rings is 1. The van der Waals surface area contributed by atoms with Gasteiger partial charge in [-0.3, -0.25) is 5.10 Å². The molecule has 0 aliphatic heterocycles. The van der Waals surface area contributed by atoms with Crippen molar-refractivity contribution in [1.29, 1.82) is 0 Å². The largest absolute Gasteiger partial charge is 0.478 e. The molecule has 0 unspecified atom stereocenters. The van der Waals surface area contributed by atoms with E-state index in [0.717, 1.165) is 56.8 Å². The minimum Gasteiger partial charge on any atom is -0.478 e. The number of hydrogen-bond acceptors (Lipinski definition) is 4. The Bertz CT molecular complexity index is 1600. The van der Waals surface area contributed by atoms with Crippen LogP contribution in [0, 0.1) is 0 Å². The van der Waals surface area contributed by atoms with Crippen LogP contribution in [-0.4, -0.2) is 26.3 Å². The fourth-order valence-corrected chi connectivity index (χ4v) is 4.34. The molecule has 0 atom stereocenters. The van der Waals surface area contributed by atoms with Gasteiger partial charge in [-0.2, -0.15) is 5.10 Å². The van der Waals surface area contributed by atoms with Crippen molar-refractivity contribution in [3.8, 4) is 11.6 Å². The van der Waals surface area contributed by atoms with E-state index in [0.29, 0.717) is 11.6 Å². The van der Waals surface area contributed by atoms with Crippen LogP contribution < -0.4 is 4.74 Å². The van der Waals surface area contributed by atoms with Crippen molar-refractivity contribution in [3.05, 3.63) is 126 Å². The molecule has 0 saturated heterocycles.